The van der Waals surface area contributed by atoms with E-state index in [4.69, 9.17) is 5.11 Å². The number of aliphatic hydroxyl groups excluding tert-OH is 1. The lowest BCUT2D eigenvalue weighted by Gasteiger charge is -2.59. The Labute approximate surface area is 134 Å². The zero-order chi connectivity index (χ0) is 16.6. The highest BCUT2D eigenvalue weighted by atomic mass is 16.3. The molecule has 2 saturated carbocycles. The van der Waals surface area contributed by atoms with Crippen molar-refractivity contribution in [2.45, 2.75) is 71.8 Å². The number of aliphatic hydroxyl groups is 2. The Kier molecular flexibility index (Phi) is 4.94. The summed E-state index contributed by atoms with van der Waals surface area (Å²) in [5, 5.41) is 22.5. The van der Waals surface area contributed by atoms with E-state index in [1.807, 2.05) is 6.92 Å². The molecule has 22 heavy (non-hydrogen) atoms. The fourth-order valence-corrected chi connectivity index (χ4v) is 5.15. The van der Waals surface area contributed by atoms with Crippen LogP contribution in [0.25, 0.3) is 0 Å². The van der Waals surface area contributed by atoms with E-state index in [-0.39, 0.29) is 29.3 Å². The van der Waals surface area contributed by atoms with Gasteiger partial charge in [0.05, 0.1) is 12.2 Å². The first-order valence-electron chi connectivity index (χ1n) is 8.71. The van der Waals surface area contributed by atoms with E-state index < -0.39 is 5.60 Å². The van der Waals surface area contributed by atoms with Gasteiger partial charge in [-0.05, 0) is 55.3 Å². The quantitative estimate of drug-likeness (QED) is 0.747. The molecule has 0 aromatic carbocycles. The highest BCUT2D eigenvalue weighted by Gasteiger charge is 2.55. The van der Waals surface area contributed by atoms with E-state index in [0.717, 1.165) is 12.8 Å². The summed E-state index contributed by atoms with van der Waals surface area (Å²) in [5.41, 5.74) is -0.289. The van der Waals surface area contributed by atoms with Crippen LogP contribution in [0.4, 0.5) is 0 Å². The van der Waals surface area contributed by atoms with E-state index in [1.54, 1.807) is 0 Å². The van der Waals surface area contributed by atoms with Gasteiger partial charge in [0.2, 0.25) is 5.91 Å². The highest BCUT2D eigenvalue weighted by molar-refractivity contribution is 5.76. The van der Waals surface area contributed by atoms with Crippen molar-refractivity contribution in [3.63, 3.8) is 0 Å². The molecule has 2 rings (SSSR count). The van der Waals surface area contributed by atoms with Gasteiger partial charge in [0.15, 0.2) is 0 Å². The molecule has 1 amide bonds. The van der Waals surface area contributed by atoms with E-state index >= 15 is 0 Å². The van der Waals surface area contributed by atoms with Crippen LogP contribution in [0.3, 0.4) is 0 Å². The molecular formula is C18H33NO3. The Morgan fingerprint density at radius 1 is 1.18 bits per heavy atom. The zero-order valence-corrected chi connectivity index (χ0v) is 14.6. The van der Waals surface area contributed by atoms with Crippen molar-refractivity contribution in [2.24, 2.45) is 22.7 Å². The predicted molar refractivity (Wildman–Crippen MR) is 87.3 cm³/mol. The largest absolute Gasteiger partial charge is 0.395 e. The SMILES string of the molecule is CC1(C)CCC[C@]2(C)C[C@H](CC(=O)NCCO)[C@@](C)(O)C[C@H]12. The zero-order valence-electron chi connectivity index (χ0n) is 14.6. The summed E-state index contributed by atoms with van der Waals surface area (Å²) in [7, 11) is 0. The van der Waals surface area contributed by atoms with Crippen LogP contribution < -0.4 is 5.32 Å². The lowest BCUT2D eigenvalue weighted by molar-refractivity contribution is -0.154. The molecule has 2 aliphatic carbocycles. The molecular weight excluding hydrogens is 278 g/mol. The fourth-order valence-electron chi connectivity index (χ4n) is 5.15. The molecule has 0 bridgehead atoms. The third kappa shape index (κ3) is 3.48. The molecule has 0 aliphatic heterocycles. The molecule has 2 aliphatic rings. The number of carbonyl (C=O) groups excluding carboxylic acids is 1. The van der Waals surface area contributed by atoms with Gasteiger partial charge in [0.1, 0.15) is 0 Å². The maximum Gasteiger partial charge on any atom is 0.220 e. The minimum atomic E-state index is -0.782. The number of hydrogen-bond acceptors (Lipinski definition) is 3. The second kappa shape index (κ2) is 6.12. The Bertz CT molecular complexity index is 419. The summed E-state index contributed by atoms with van der Waals surface area (Å²) < 4.78 is 0. The third-order valence-electron chi connectivity index (χ3n) is 6.43. The van der Waals surface area contributed by atoms with Crippen molar-refractivity contribution in [3.05, 3.63) is 0 Å². The second-order valence-electron chi connectivity index (χ2n) is 8.79. The molecule has 3 N–H and O–H groups in total. The highest BCUT2D eigenvalue weighted by Crippen LogP contribution is 2.61. The topological polar surface area (TPSA) is 69.6 Å². The molecule has 2 fully saturated rings. The monoisotopic (exact) mass is 311 g/mol. The normalized spacial score (nSPS) is 40.8. The third-order valence-corrected chi connectivity index (χ3v) is 6.43. The average molecular weight is 311 g/mol. The summed E-state index contributed by atoms with van der Waals surface area (Å²) in [4.78, 5) is 12.0. The van der Waals surface area contributed by atoms with Crippen LogP contribution in [0.5, 0.6) is 0 Å². The summed E-state index contributed by atoms with van der Waals surface area (Å²) in [6.07, 6.45) is 5.73. The van der Waals surface area contributed by atoms with Crippen molar-refractivity contribution < 1.29 is 15.0 Å². The molecule has 0 unspecified atom stereocenters. The molecule has 0 radical (unpaired) electrons. The van der Waals surface area contributed by atoms with Crippen molar-refractivity contribution in [1.29, 1.82) is 0 Å². The van der Waals surface area contributed by atoms with Crippen LogP contribution in [0.15, 0.2) is 0 Å². The van der Waals surface area contributed by atoms with Gasteiger partial charge in [-0.15, -0.1) is 0 Å². The van der Waals surface area contributed by atoms with Gasteiger partial charge >= 0.3 is 0 Å². The van der Waals surface area contributed by atoms with Crippen LogP contribution in [0, 0.1) is 22.7 Å². The molecule has 0 saturated heterocycles. The molecule has 0 aromatic heterocycles. The van der Waals surface area contributed by atoms with E-state index in [2.05, 4.69) is 26.1 Å². The molecule has 4 nitrogen and oxygen atoms in total. The van der Waals surface area contributed by atoms with Crippen LogP contribution >= 0.6 is 0 Å². The number of rotatable bonds is 4. The summed E-state index contributed by atoms with van der Waals surface area (Å²) >= 11 is 0. The van der Waals surface area contributed by atoms with Crippen LogP contribution in [0.1, 0.15) is 66.2 Å². The number of amides is 1. The van der Waals surface area contributed by atoms with E-state index in [0.29, 0.717) is 18.9 Å². The standard InChI is InChI=1S/C18H33NO3/c1-16(2)6-5-7-17(3)11-13(10-15(21)19-8-9-20)18(4,22)12-14(16)17/h13-14,20,22H,5-12H2,1-4H3,(H,19,21)/t13-,14+,17+,18-/m0/s1. The van der Waals surface area contributed by atoms with Crippen LogP contribution in [-0.4, -0.2) is 34.9 Å². The Morgan fingerprint density at radius 2 is 1.86 bits per heavy atom. The first kappa shape index (κ1) is 17.7. The van der Waals surface area contributed by atoms with Gasteiger partial charge in [-0.25, -0.2) is 0 Å². The molecule has 0 heterocycles. The van der Waals surface area contributed by atoms with E-state index in [9.17, 15) is 9.90 Å². The summed E-state index contributed by atoms with van der Waals surface area (Å²) in [6.45, 7) is 9.17. The van der Waals surface area contributed by atoms with Gasteiger partial charge in [-0.1, -0.05) is 27.2 Å². The predicted octanol–water partition coefficient (Wildman–Crippen LogP) is 2.48. The van der Waals surface area contributed by atoms with Gasteiger partial charge in [-0.3, -0.25) is 4.79 Å². The first-order chi connectivity index (χ1) is 10.1. The van der Waals surface area contributed by atoms with Crippen molar-refractivity contribution >= 4 is 5.91 Å². The Balaban J connectivity index is 2.13. The van der Waals surface area contributed by atoms with Crippen LogP contribution in [-0.2, 0) is 4.79 Å². The minimum Gasteiger partial charge on any atom is -0.395 e. The second-order valence-corrected chi connectivity index (χ2v) is 8.79. The van der Waals surface area contributed by atoms with Crippen molar-refractivity contribution in [1.82, 2.24) is 5.32 Å². The van der Waals surface area contributed by atoms with Gasteiger partial charge in [0, 0.05) is 13.0 Å². The number of carbonyl (C=O) groups is 1. The Hall–Kier alpha value is -0.610. The molecule has 0 spiro atoms. The number of nitrogens with one attached hydrogen (secondary N) is 1. The van der Waals surface area contributed by atoms with Gasteiger partial charge in [0.25, 0.3) is 0 Å². The maximum absolute atomic E-state index is 12.0. The summed E-state index contributed by atoms with van der Waals surface area (Å²) in [5.74, 6) is 0.457. The lowest BCUT2D eigenvalue weighted by atomic mass is 9.47. The smallest absolute Gasteiger partial charge is 0.220 e. The van der Waals surface area contributed by atoms with Gasteiger partial charge < -0.3 is 15.5 Å². The Morgan fingerprint density at radius 3 is 2.50 bits per heavy atom. The summed E-state index contributed by atoms with van der Waals surface area (Å²) in [6, 6.07) is 0. The average Bonchev–Trinajstić information content (AvgIpc) is 2.39. The number of fused-ring (bicyclic) bond motifs is 1. The fraction of sp³-hybridized carbons (Fsp3) is 0.944. The lowest BCUT2D eigenvalue weighted by Crippen LogP contribution is -2.55. The molecule has 4 heteroatoms. The molecule has 0 aromatic rings. The van der Waals surface area contributed by atoms with Crippen molar-refractivity contribution in [3.8, 4) is 0 Å². The molecule has 128 valence electrons. The van der Waals surface area contributed by atoms with Crippen molar-refractivity contribution in [2.75, 3.05) is 13.2 Å². The van der Waals surface area contributed by atoms with Crippen LogP contribution in [0.2, 0.25) is 0 Å². The maximum atomic E-state index is 12.0. The molecule has 4 atom stereocenters. The van der Waals surface area contributed by atoms with E-state index in [1.165, 1.54) is 19.3 Å². The number of hydrogen-bond donors (Lipinski definition) is 3. The first-order valence-corrected chi connectivity index (χ1v) is 8.71. The minimum absolute atomic E-state index is 0.00124. The van der Waals surface area contributed by atoms with Gasteiger partial charge in [-0.2, -0.15) is 0 Å².